The van der Waals surface area contributed by atoms with E-state index in [1.54, 1.807) is 0 Å². The maximum atomic E-state index is 14.5. The number of aliphatic carboxylic acids is 1. The molecular formula is C26H23FN2O6. The van der Waals surface area contributed by atoms with Crippen molar-refractivity contribution in [2.45, 2.75) is 25.0 Å². The van der Waals surface area contributed by atoms with Gasteiger partial charge in [-0.3, -0.25) is 10.1 Å². The fourth-order valence-corrected chi connectivity index (χ4v) is 4.14. The van der Waals surface area contributed by atoms with Crippen molar-refractivity contribution in [1.29, 1.82) is 0 Å². The highest BCUT2D eigenvalue weighted by molar-refractivity contribution is 5.97. The van der Waals surface area contributed by atoms with E-state index in [9.17, 15) is 23.9 Å². The van der Waals surface area contributed by atoms with Crippen LogP contribution in [-0.4, -0.2) is 46.9 Å². The van der Waals surface area contributed by atoms with Crippen LogP contribution in [-0.2, 0) is 9.53 Å². The van der Waals surface area contributed by atoms with Gasteiger partial charge in [0.05, 0.1) is 11.7 Å². The zero-order valence-corrected chi connectivity index (χ0v) is 18.7. The van der Waals surface area contributed by atoms with Gasteiger partial charge in [-0.25, -0.2) is 14.0 Å². The first-order chi connectivity index (χ1) is 16.8. The number of carbonyl (C=O) groups excluding carboxylic acids is 2. The Balaban J connectivity index is 1.40. The Hall–Kier alpha value is -4.24. The Morgan fingerprint density at radius 1 is 1.00 bits per heavy atom. The van der Waals surface area contributed by atoms with Crippen molar-refractivity contribution < 1.29 is 33.7 Å². The molecule has 4 N–H and O–H groups in total. The molecule has 35 heavy (non-hydrogen) atoms. The number of hydrogen-bond donors (Lipinski definition) is 4. The van der Waals surface area contributed by atoms with Crippen LogP contribution in [0.4, 0.5) is 14.9 Å². The zero-order valence-electron chi connectivity index (χ0n) is 18.7. The largest absolute Gasteiger partial charge is 0.480 e. The molecule has 0 spiro atoms. The summed E-state index contributed by atoms with van der Waals surface area (Å²) in [6.07, 6.45) is -2.17. The Morgan fingerprint density at radius 2 is 1.60 bits per heavy atom. The van der Waals surface area contributed by atoms with Crippen LogP contribution in [0.25, 0.3) is 11.1 Å². The summed E-state index contributed by atoms with van der Waals surface area (Å²) in [6, 6.07) is 17.5. The van der Waals surface area contributed by atoms with Gasteiger partial charge in [0.2, 0.25) is 0 Å². The highest BCUT2D eigenvalue weighted by Gasteiger charge is 2.29. The monoisotopic (exact) mass is 478 g/mol. The summed E-state index contributed by atoms with van der Waals surface area (Å²) in [5.74, 6) is -3.58. The molecule has 2 amide bonds. The first-order valence-corrected chi connectivity index (χ1v) is 10.9. The third-order valence-corrected chi connectivity index (χ3v) is 5.84. The van der Waals surface area contributed by atoms with Gasteiger partial charge in [-0.15, -0.1) is 0 Å². The Morgan fingerprint density at radius 3 is 2.14 bits per heavy atom. The SMILES string of the molecule is CC(O)C(NC(=O)c1ccc(NC(=O)OCC2c3ccccc3-c3ccccc32)cc1F)C(=O)O. The Bertz CT molecular complexity index is 1250. The van der Waals surface area contributed by atoms with E-state index in [0.29, 0.717) is 0 Å². The second kappa shape index (κ2) is 9.94. The Kier molecular flexibility index (Phi) is 6.79. The maximum Gasteiger partial charge on any atom is 0.411 e. The summed E-state index contributed by atoms with van der Waals surface area (Å²) in [5.41, 5.74) is 3.92. The zero-order chi connectivity index (χ0) is 25.1. The second-order valence-corrected chi connectivity index (χ2v) is 8.18. The number of carboxylic acids is 1. The molecule has 0 heterocycles. The predicted octanol–water partition coefficient (Wildman–Crippen LogP) is 3.75. The summed E-state index contributed by atoms with van der Waals surface area (Å²) in [6.45, 7) is 1.27. The van der Waals surface area contributed by atoms with Gasteiger partial charge >= 0.3 is 12.1 Å². The van der Waals surface area contributed by atoms with Gasteiger partial charge in [-0.2, -0.15) is 0 Å². The minimum atomic E-state index is -1.60. The molecule has 3 aromatic carbocycles. The average molecular weight is 478 g/mol. The molecule has 1 aliphatic carbocycles. The van der Waals surface area contributed by atoms with E-state index in [1.807, 2.05) is 48.5 Å². The standard InChI is InChI=1S/C26H23FN2O6/c1-14(30)23(25(32)33)29-24(31)20-11-10-15(12-22(20)27)28-26(34)35-13-21-18-8-4-2-6-16(18)17-7-3-5-9-19(17)21/h2-12,14,21,23,30H,13H2,1H3,(H,28,34)(H,29,31)(H,32,33). The molecule has 3 aromatic rings. The number of nitrogens with one attached hydrogen (secondary N) is 2. The van der Waals surface area contributed by atoms with E-state index in [-0.39, 0.29) is 18.2 Å². The number of aliphatic hydroxyl groups excluding tert-OH is 1. The number of rotatable bonds is 7. The molecule has 0 bridgehead atoms. The lowest BCUT2D eigenvalue weighted by Gasteiger charge is -2.17. The van der Waals surface area contributed by atoms with E-state index in [4.69, 9.17) is 9.84 Å². The molecule has 0 aliphatic heterocycles. The average Bonchev–Trinajstić information content (AvgIpc) is 3.14. The van der Waals surface area contributed by atoms with Crippen LogP contribution in [0.15, 0.2) is 66.7 Å². The van der Waals surface area contributed by atoms with Crippen LogP contribution < -0.4 is 10.6 Å². The fraction of sp³-hybridized carbons (Fsp3) is 0.192. The molecule has 180 valence electrons. The molecule has 9 heteroatoms. The molecule has 0 saturated carbocycles. The van der Waals surface area contributed by atoms with E-state index >= 15 is 0 Å². The first kappa shape index (κ1) is 23.9. The minimum Gasteiger partial charge on any atom is -0.480 e. The van der Waals surface area contributed by atoms with Crippen molar-refractivity contribution in [2.24, 2.45) is 0 Å². The van der Waals surface area contributed by atoms with Gasteiger partial charge in [0, 0.05) is 11.6 Å². The highest BCUT2D eigenvalue weighted by atomic mass is 19.1. The predicted molar refractivity (Wildman–Crippen MR) is 126 cm³/mol. The number of carboxylic acid groups (broad SMARTS) is 1. The molecule has 2 atom stereocenters. The number of benzene rings is 3. The van der Waals surface area contributed by atoms with Crippen LogP contribution in [0.3, 0.4) is 0 Å². The van der Waals surface area contributed by atoms with Crippen LogP contribution in [0.5, 0.6) is 0 Å². The van der Waals surface area contributed by atoms with E-state index in [2.05, 4.69) is 10.6 Å². The van der Waals surface area contributed by atoms with Crippen molar-refractivity contribution >= 4 is 23.7 Å². The summed E-state index contributed by atoms with van der Waals surface area (Å²) < 4.78 is 19.9. The summed E-state index contributed by atoms with van der Waals surface area (Å²) in [5, 5.41) is 23.0. The molecule has 8 nitrogen and oxygen atoms in total. The van der Waals surface area contributed by atoms with E-state index < -0.39 is 41.5 Å². The number of aliphatic hydroxyl groups is 1. The van der Waals surface area contributed by atoms with Crippen molar-refractivity contribution in [2.75, 3.05) is 11.9 Å². The van der Waals surface area contributed by atoms with E-state index in [1.165, 1.54) is 13.0 Å². The van der Waals surface area contributed by atoms with Crippen molar-refractivity contribution in [3.05, 3.63) is 89.2 Å². The summed E-state index contributed by atoms with van der Waals surface area (Å²) in [7, 11) is 0. The van der Waals surface area contributed by atoms with Gasteiger partial charge in [0.15, 0.2) is 6.04 Å². The topological polar surface area (TPSA) is 125 Å². The van der Waals surface area contributed by atoms with Crippen molar-refractivity contribution in [3.63, 3.8) is 0 Å². The number of hydrogen-bond acceptors (Lipinski definition) is 5. The van der Waals surface area contributed by atoms with Gasteiger partial charge < -0.3 is 20.3 Å². The first-order valence-electron chi connectivity index (χ1n) is 10.9. The number of fused-ring (bicyclic) bond motifs is 3. The molecular weight excluding hydrogens is 455 g/mol. The van der Waals surface area contributed by atoms with Crippen molar-refractivity contribution in [3.8, 4) is 11.1 Å². The van der Waals surface area contributed by atoms with Gasteiger partial charge in [-0.1, -0.05) is 48.5 Å². The summed E-state index contributed by atoms with van der Waals surface area (Å²) in [4.78, 5) is 35.8. The minimum absolute atomic E-state index is 0.0570. The molecule has 0 aromatic heterocycles. The quantitative estimate of drug-likeness (QED) is 0.410. The van der Waals surface area contributed by atoms with Crippen LogP contribution >= 0.6 is 0 Å². The number of carbonyl (C=O) groups is 3. The fourth-order valence-electron chi connectivity index (χ4n) is 4.14. The molecule has 0 saturated heterocycles. The normalized spacial score (nSPS) is 13.8. The van der Waals surface area contributed by atoms with Gasteiger partial charge in [0.1, 0.15) is 12.4 Å². The number of ether oxygens (including phenoxy) is 1. The molecule has 0 radical (unpaired) electrons. The number of amides is 2. The molecule has 1 aliphatic rings. The highest BCUT2D eigenvalue weighted by Crippen LogP contribution is 2.44. The lowest BCUT2D eigenvalue weighted by Crippen LogP contribution is -2.47. The van der Waals surface area contributed by atoms with Crippen molar-refractivity contribution in [1.82, 2.24) is 5.32 Å². The lowest BCUT2D eigenvalue weighted by atomic mass is 9.98. The number of anilines is 1. The van der Waals surface area contributed by atoms with E-state index in [0.717, 1.165) is 34.4 Å². The lowest BCUT2D eigenvalue weighted by molar-refractivity contribution is -0.141. The molecule has 4 rings (SSSR count). The van der Waals surface area contributed by atoms with Gasteiger partial charge in [-0.05, 0) is 47.4 Å². The third kappa shape index (κ3) is 4.99. The summed E-state index contributed by atoms with van der Waals surface area (Å²) >= 11 is 0. The Labute approximate surface area is 200 Å². The second-order valence-electron chi connectivity index (χ2n) is 8.18. The third-order valence-electron chi connectivity index (χ3n) is 5.84. The molecule has 2 unspecified atom stereocenters. The van der Waals surface area contributed by atoms with Crippen LogP contribution in [0, 0.1) is 5.82 Å². The smallest absolute Gasteiger partial charge is 0.411 e. The van der Waals surface area contributed by atoms with Crippen LogP contribution in [0.1, 0.15) is 34.3 Å². The van der Waals surface area contributed by atoms with Gasteiger partial charge in [0.25, 0.3) is 5.91 Å². The maximum absolute atomic E-state index is 14.5. The molecule has 0 fully saturated rings. The van der Waals surface area contributed by atoms with Crippen LogP contribution in [0.2, 0.25) is 0 Å². The number of halogens is 1.